The van der Waals surface area contributed by atoms with Crippen LogP contribution >= 0.6 is 0 Å². The van der Waals surface area contributed by atoms with E-state index in [9.17, 15) is 19.8 Å². The lowest BCUT2D eigenvalue weighted by molar-refractivity contribution is -0.140. The average Bonchev–Trinajstić information content (AvgIpc) is 2.32. The van der Waals surface area contributed by atoms with Gasteiger partial charge in [0, 0.05) is 0 Å². The minimum atomic E-state index is -1.53. The summed E-state index contributed by atoms with van der Waals surface area (Å²) in [5.41, 5.74) is -0.426. The minimum Gasteiger partial charge on any atom is -0.504 e. The average molecular weight is 257 g/mol. The Morgan fingerprint density at radius 2 is 1.78 bits per heavy atom. The summed E-state index contributed by atoms with van der Waals surface area (Å²) < 4.78 is 0. The molecule has 8 nitrogen and oxygen atoms in total. The number of hydrogen-bond acceptors (Lipinski definition) is 6. The zero-order valence-electron chi connectivity index (χ0n) is 8.99. The van der Waals surface area contributed by atoms with Gasteiger partial charge < -0.3 is 30.8 Å². The highest BCUT2D eigenvalue weighted by Crippen LogP contribution is 2.36. The van der Waals surface area contributed by atoms with E-state index in [1.54, 1.807) is 0 Å². The van der Waals surface area contributed by atoms with Crippen molar-refractivity contribution >= 4 is 11.9 Å². The lowest BCUT2D eigenvalue weighted by atomic mass is 10.1. The van der Waals surface area contributed by atoms with Gasteiger partial charge in [-0.25, -0.2) is 4.79 Å². The van der Waals surface area contributed by atoms with E-state index in [4.69, 9.17) is 15.3 Å². The van der Waals surface area contributed by atoms with Crippen LogP contribution in [0.3, 0.4) is 0 Å². The number of phenolic OH excluding ortho intramolecular Hbond substituents is 3. The highest BCUT2D eigenvalue weighted by Gasteiger charge is 2.23. The lowest BCUT2D eigenvalue weighted by Crippen LogP contribution is -2.43. The molecule has 0 heterocycles. The van der Waals surface area contributed by atoms with Gasteiger partial charge in [0.1, 0.15) is 0 Å². The molecular weight excluding hydrogens is 246 g/mol. The molecule has 0 spiro atoms. The van der Waals surface area contributed by atoms with Crippen LogP contribution in [-0.2, 0) is 4.79 Å². The van der Waals surface area contributed by atoms with Crippen LogP contribution < -0.4 is 5.32 Å². The van der Waals surface area contributed by atoms with E-state index >= 15 is 0 Å². The summed E-state index contributed by atoms with van der Waals surface area (Å²) in [6.07, 6.45) is 0. The molecule has 8 heteroatoms. The number of carbonyl (C=O) groups excluding carboxylic acids is 1. The molecule has 0 unspecified atom stereocenters. The molecule has 1 atom stereocenters. The molecule has 18 heavy (non-hydrogen) atoms. The molecule has 0 aromatic heterocycles. The number of benzene rings is 1. The third kappa shape index (κ3) is 2.61. The molecule has 0 aliphatic heterocycles. The number of carboxylic acid groups (broad SMARTS) is 1. The molecule has 6 N–H and O–H groups in total. The first-order valence-electron chi connectivity index (χ1n) is 4.77. The molecule has 1 aromatic carbocycles. The number of phenols is 3. The number of nitrogens with one attached hydrogen (secondary N) is 1. The van der Waals surface area contributed by atoms with Gasteiger partial charge in [0.25, 0.3) is 5.91 Å². The quantitative estimate of drug-likeness (QED) is 0.378. The van der Waals surface area contributed by atoms with Crippen molar-refractivity contribution in [3.05, 3.63) is 17.7 Å². The van der Waals surface area contributed by atoms with Crippen LogP contribution in [0.15, 0.2) is 12.1 Å². The number of carbonyl (C=O) groups is 2. The minimum absolute atomic E-state index is 0.426. The summed E-state index contributed by atoms with van der Waals surface area (Å²) in [4.78, 5) is 22.1. The molecule has 1 amide bonds. The molecule has 0 saturated heterocycles. The van der Waals surface area contributed by atoms with Gasteiger partial charge in [-0.3, -0.25) is 4.79 Å². The fourth-order valence-corrected chi connectivity index (χ4v) is 1.17. The van der Waals surface area contributed by atoms with Crippen LogP contribution in [0.4, 0.5) is 0 Å². The van der Waals surface area contributed by atoms with E-state index in [1.165, 1.54) is 0 Å². The van der Waals surface area contributed by atoms with Gasteiger partial charge in [0.2, 0.25) is 5.75 Å². The molecule has 0 saturated carbocycles. The van der Waals surface area contributed by atoms with Crippen LogP contribution in [-0.4, -0.2) is 50.1 Å². The summed E-state index contributed by atoms with van der Waals surface area (Å²) >= 11 is 0. The number of aromatic hydroxyl groups is 3. The van der Waals surface area contributed by atoms with Crippen LogP contribution in [0.5, 0.6) is 17.2 Å². The fraction of sp³-hybridized carbons (Fsp3) is 0.200. The van der Waals surface area contributed by atoms with Crippen LogP contribution in [0, 0.1) is 0 Å². The second-order valence-electron chi connectivity index (χ2n) is 3.38. The number of hydrogen-bond donors (Lipinski definition) is 6. The number of aliphatic hydroxyl groups is 1. The van der Waals surface area contributed by atoms with Crippen molar-refractivity contribution in [3.63, 3.8) is 0 Å². The van der Waals surface area contributed by atoms with Gasteiger partial charge >= 0.3 is 5.97 Å². The maximum Gasteiger partial charge on any atom is 0.328 e. The highest BCUT2D eigenvalue weighted by molar-refractivity contribution is 5.99. The number of aliphatic carboxylic acids is 1. The molecule has 1 aromatic rings. The largest absolute Gasteiger partial charge is 0.504 e. The Kier molecular flexibility index (Phi) is 3.95. The Morgan fingerprint density at radius 3 is 2.28 bits per heavy atom. The van der Waals surface area contributed by atoms with Gasteiger partial charge in [-0.15, -0.1) is 0 Å². The summed E-state index contributed by atoms with van der Waals surface area (Å²) in [5, 5.41) is 46.9. The van der Waals surface area contributed by atoms with Crippen molar-refractivity contribution in [1.82, 2.24) is 5.32 Å². The predicted molar refractivity (Wildman–Crippen MR) is 57.4 cm³/mol. The topological polar surface area (TPSA) is 147 Å². The molecule has 0 radical (unpaired) electrons. The molecule has 0 aliphatic carbocycles. The van der Waals surface area contributed by atoms with Gasteiger partial charge in [-0.1, -0.05) is 0 Å². The van der Waals surface area contributed by atoms with Crippen molar-refractivity contribution in [2.24, 2.45) is 0 Å². The van der Waals surface area contributed by atoms with Gasteiger partial charge in [-0.2, -0.15) is 0 Å². The van der Waals surface area contributed by atoms with Crippen molar-refractivity contribution < 1.29 is 35.1 Å². The second-order valence-corrected chi connectivity index (χ2v) is 3.38. The monoisotopic (exact) mass is 257 g/mol. The van der Waals surface area contributed by atoms with Crippen molar-refractivity contribution in [2.75, 3.05) is 6.61 Å². The first kappa shape index (κ1) is 13.6. The third-order valence-electron chi connectivity index (χ3n) is 2.16. The first-order chi connectivity index (χ1) is 8.38. The molecule has 98 valence electrons. The van der Waals surface area contributed by atoms with E-state index in [-0.39, 0.29) is 0 Å². The summed E-state index contributed by atoms with van der Waals surface area (Å²) in [6.45, 7) is -0.827. The zero-order chi connectivity index (χ0) is 13.9. The van der Waals surface area contributed by atoms with Crippen LogP contribution in [0.2, 0.25) is 0 Å². The van der Waals surface area contributed by atoms with Crippen molar-refractivity contribution in [1.29, 1.82) is 0 Å². The molecule has 0 fully saturated rings. The smallest absolute Gasteiger partial charge is 0.328 e. The summed E-state index contributed by atoms with van der Waals surface area (Å²) in [7, 11) is 0. The van der Waals surface area contributed by atoms with E-state index in [0.717, 1.165) is 12.1 Å². The van der Waals surface area contributed by atoms with E-state index in [0.29, 0.717) is 0 Å². The molecular formula is C10H11NO7. The molecule has 0 aliphatic rings. The fourth-order valence-electron chi connectivity index (χ4n) is 1.17. The van der Waals surface area contributed by atoms with Gasteiger partial charge in [0.15, 0.2) is 17.5 Å². The number of carboxylic acids is 1. The van der Waals surface area contributed by atoms with Crippen molar-refractivity contribution in [3.8, 4) is 17.2 Å². The molecule has 1 rings (SSSR count). The summed E-state index contributed by atoms with van der Waals surface area (Å²) in [6, 6.07) is 0.419. The Bertz CT molecular complexity index is 485. The Balaban J connectivity index is 2.98. The number of rotatable bonds is 4. The summed E-state index contributed by atoms with van der Waals surface area (Å²) in [5.74, 6) is -4.85. The maximum absolute atomic E-state index is 11.6. The highest BCUT2D eigenvalue weighted by atomic mass is 16.4. The van der Waals surface area contributed by atoms with E-state index in [2.05, 4.69) is 0 Å². The number of amides is 1. The molecule has 0 bridgehead atoms. The standard InChI is InChI=1S/C10H11NO7/c12-3-5(10(17)18)11-9(16)4-1-2-6(13)8(15)7(4)14/h1-2,5,12-15H,3H2,(H,11,16)(H,17,18)/t5-/m0/s1. The Hall–Kier alpha value is -2.48. The van der Waals surface area contributed by atoms with Crippen molar-refractivity contribution in [2.45, 2.75) is 6.04 Å². The van der Waals surface area contributed by atoms with Crippen LogP contribution in [0.1, 0.15) is 10.4 Å². The predicted octanol–water partition coefficient (Wildman–Crippen LogP) is -1.02. The zero-order valence-corrected chi connectivity index (χ0v) is 8.99. The Morgan fingerprint density at radius 1 is 1.17 bits per heavy atom. The van der Waals surface area contributed by atoms with Crippen LogP contribution in [0.25, 0.3) is 0 Å². The van der Waals surface area contributed by atoms with Gasteiger partial charge in [0.05, 0.1) is 12.2 Å². The SMILES string of the molecule is O=C(N[C@@H](CO)C(=O)O)c1ccc(O)c(O)c1O. The Labute approximate surface area is 101 Å². The van der Waals surface area contributed by atoms with E-state index in [1.807, 2.05) is 5.32 Å². The maximum atomic E-state index is 11.6. The number of aliphatic hydroxyl groups excluding tert-OH is 1. The normalized spacial score (nSPS) is 11.8. The van der Waals surface area contributed by atoms with Gasteiger partial charge in [-0.05, 0) is 12.1 Å². The lowest BCUT2D eigenvalue weighted by Gasteiger charge is -2.13. The van der Waals surface area contributed by atoms with E-state index < -0.39 is 47.3 Å². The second kappa shape index (κ2) is 5.23. The third-order valence-corrected chi connectivity index (χ3v) is 2.16. The first-order valence-corrected chi connectivity index (χ1v) is 4.77.